The van der Waals surface area contributed by atoms with E-state index in [0.717, 1.165) is 23.3 Å². The van der Waals surface area contributed by atoms with Gasteiger partial charge in [-0.25, -0.2) is 0 Å². The molecule has 21 heavy (non-hydrogen) atoms. The van der Waals surface area contributed by atoms with Gasteiger partial charge in [0.15, 0.2) is 0 Å². The van der Waals surface area contributed by atoms with E-state index in [2.05, 4.69) is 69.2 Å². The molecule has 0 amide bonds. The zero-order valence-electron chi connectivity index (χ0n) is 12.8. The third-order valence-electron chi connectivity index (χ3n) is 3.69. The number of benzene rings is 1. The zero-order valence-corrected chi connectivity index (χ0v) is 14.4. The highest BCUT2D eigenvalue weighted by molar-refractivity contribution is 9.10. The maximum atomic E-state index is 4.44. The minimum atomic E-state index is 0.311. The lowest BCUT2D eigenvalue weighted by Gasteiger charge is -2.28. The number of pyridine rings is 1. The Balaban J connectivity index is 2.34. The highest BCUT2D eigenvalue weighted by atomic mass is 79.9. The molecule has 2 rings (SSSR count). The SMILES string of the molecule is CCN(Cc1ccccn1)c1cc(Br)ccc1C(C)NC. The van der Waals surface area contributed by atoms with E-state index in [9.17, 15) is 0 Å². The van der Waals surface area contributed by atoms with Gasteiger partial charge in [0.25, 0.3) is 0 Å². The highest BCUT2D eigenvalue weighted by Gasteiger charge is 2.15. The van der Waals surface area contributed by atoms with Gasteiger partial charge in [-0.05, 0) is 50.7 Å². The molecule has 0 aliphatic carbocycles. The van der Waals surface area contributed by atoms with Gasteiger partial charge in [-0.3, -0.25) is 4.98 Å². The summed E-state index contributed by atoms with van der Waals surface area (Å²) in [5.74, 6) is 0. The number of anilines is 1. The molecule has 1 aromatic carbocycles. The minimum Gasteiger partial charge on any atom is -0.366 e. The van der Waals surface area contributed by atoms with E-state index in [-0.39, 0.29) is 0 Å². The molecule has 0 fully saturated rings. The van der Waals surface area contributed by atoms with Gasteiger partial charge < -0.3 is 10.2 Å². The molecule has 0 bridgehead atoms. The van der Waals surface area contributed by atoms with Crippen LogP contribution in [0.1, 0.15) is 31.1 Å². The van der Waals surface area contributed by atoms with Gasteiger partial charge >= 0.3 is 0 Å². The standard InChI is InChI=1S/C17H22BrN3/c1-4-21(12-15-7-5-6-10-20-15)17-11-14(18)8-9-16(17)13(2)19-3/h5-11,13,19H,4,12H2,1-3H3. The van der Waals surface area contributed by atoms with Gasteiger partial charge in [0.05, 0.1) is 12.2 Å². The van der Waals surface area contributed by atoms with E-state index in [1.54, 1.807) is 0 Å². The molecule has 1 aromatic heterocycles. The second-order valence-corrected chi connectivity index (χ2v) is 5.96. The van der Waals surface area contributed by atoms with Gasteiger partial charge in [-0.15, -0.1) is 0 Å². The van der Waals surface area contributed by atoms with Crippen molar-refractivity contribution in [2.75, 3.05) is 18.5 Å². The Morgan fingerprint density at radius 3 is 2.71 bits per heavy atom. The van der Waals surface area contributed by atoms with E-state index < -0.39 is 0 Å². The first-order chi connectivity index (χ1) is 10.2. The molecule has 1 unspecified atom stereocenters. The van der Waals surface area contributed by atoms with Crippen LogP contribution in [0, 0.1) is 0 Å². The predicted molar refractivity (Wildman–Crippen MR) is 92.6 cm³/mol. The first kappa shape index (κ1) is 16.0. The summed E-state index contributed by atoms with van der Waals surface area (Å²) in [6.45, 7) is 6.12. The zero-order chi connectivity index (χ0) is 15.2. The fourth-order valence-corrected chi connectivity index (χ4v) is 2.72. The van der Waals surface area contributed by atoms with Crippen molar-refractivity contribution in [3.8, 4) is 0 Å². The average molecular weight is 348 g/mol. The lowest BCUT2D eigenvalue weighted by Crippen LogP contribution is -2.25. The molecule has 3 nitrogen and oxygen atoms in total. The minimum absolute atomic E-state index is 0.311. The van der Waals surface area contributed by atoms with Gasteiger partial charge in [0, 0.05) is 28.9 Å². The number of hydrogen-bond donors (Lipinski definition) is 1. The number of aromatic nitrogens is 1. The Kier molecular flexibility index (Phi) is 5.76. The maximum absolute atomic E-state index is 4.44. The molecular weight excluding hydrogens is 326 g/mol. The quantitative estimate of drug-likeness (QED) is 0.850. The van der Waals surface area contributed by atoms with E-state index in [1.165, 1.54) is 11.3 Å². The third-order valence-corrected chi connectivity index (χ3v) is 4.19. The molecule has 0 aliphatic heterocycles. The van der Waals surface area contributed by atoms with Gasteiger partial charge in [-0.2, -0.15) is 0 Å². The third kappa shape index (κ3) is 4.05. The number of hydrogen-bond acceptors (Lipinski definition) is 3. The summed E-state index contributed by atoms with van der Waals surface area (Å²) in [5.41, 5.74) is 3.64. The van der Waals surface area contributed by atoms with Crippen LogP contribution >= 0.6 is 15.9 Å². The molecule has 112 valence electrons. The van der Waals surface area contributed by atoms with Crippen molar-refractivity contribution in [2.45, 2.75) is 26.4 Å². The molecule has 0 spiro atoms. The molecule has 4 heteroatoms. The second kappa shape index (κ2) is 7.57. The van der Waals surface area contributed by atoms with Crippen LogP contribution in [0.15, 0.2) is 47.1 Å². The Labute approximate surface area is 135 Å². The summed E-state index contributed by atoms with van der Waals surface area (Å²) in [7, 11) is 1.99. The molecule has 0 saturated carbocycles. The largest absolute Gasteiger partial charge is 0.366 e. The van der Waals surface area contributed by atoms with Gasteiger partial charge in [0.1, 0.15) is 0 Å². The van der Waals surface area contributed by atoms with Crippen LogP contribution in [-0.2, 0) is 6.54 Å². The predicted octanol–water partition coefficient (Wildman–Crippen LogP) is 4.15. The summed E-state index contributed by atoms with van der Waals surface area (Å²) in [4.78, 5) is 6.80. The fourth-order valence-electron chi connectivity index (χ4n) is 2.37. The maximum Gasteiger partial charge on any atom is 0.0602 e. The average Bonchev–Trinajstić information content (AvgIpc) is 2.52. The topological polar surface area (TPSA) is 28.2 Å². The first-order valence-corrected chi connectivity index (χ1v) is 8.06. The molecule has 1 atom stereocenters. The Hall–Kier alpha value is -1.39. The summed E-state index contributed by atoms with van der Waals surface area (Å²) in [6, 6.07) is 12.8. The van der Waals surface area contributed by atoms with Crippen LogP contribution in [0.3, 0.4) is 0 Å². The van der Waals surface area contributed by atoms with Crippen LogP contribution in [0.2, 0.25) is 0 Å². The van der Waals surface area contributed by atoms with E-state index in [4.69, 9.17) is 0 Å². The van der Waals surface area contributed by atoms with Crippen LogP contribution in [-0.4, -0.2) is 18.6 Å². The number of halogens is 1. The highest BCUT2D eigenvalue weighted by Crippen LogP contribution is 2.30. The smallest absolute Gasteiger partial charge is 0.0602 e. The van der Waals surface area contributed by atoms with Crippen molar-refractivity contribution < 1.29 is 0 Å². The molecule has 2 aromatic rings. The van der Waals surface area contributed by atoms with Gasteiger partial charge in [0.2, 0.25) is 0 Å². The summed E-state index contributed by atoms with van der Waals surface area (Å²) in [5, 5.41) is 3.33. The van der Waals surface area contributed by atoms with E-state index >= 15 is 0 Å². The van der Waals surface area contributed by atoms with Crippen LogP contribution < -0.4 is 10.2 Å². The van der Waals surface area contributed by atoms with Crippen LogP contribution in [0.25, 0.3) is 0 Å². The van der Waals surface area contributed by atoms with Crippen molar-refractivity contribution in [2.24, 2.45) is 0 Å². The van der Waals surface area contributed by atoms with Crippen LogP contribution in [0.4, 0.5) is 5.69 Å². The van der Waals surface area contributed by atoms with Crippen LogP contribution in [0.5, 0.6) is 0 Å². The first-order valence-electron chi connectivity index (χ1n) is 7.27. The van der Waals surface area contributed by atoms with Gasteiger partial charge in [-0.1, -0.05) is 28.1 Å². The van der Waals surface area contributed by atoms with E-state index in [0.29, 0.717) is 6.04 Å². The number of rotatable bonds is 6. The number of nitrogens with one attached hydrogen (secondary N) is 1. The molecule has 0 aliphatic rings. The molecular formula is C17H22BrN3. The molecule has 0 saturated heterocycles. The monoisotopic (exact) mass is 347 g/mol. The summed E-state index contributed by atoms with van der Waals surface area (Å²) < 4.78 is 1.10. The normalized spacial score (nSPS) is 12.2. The lowest BCUT2D eigenvalue weighted by atomic mass is 10.0. The van der Waals surface area contributed by atoms with Crippen molar-refractivity contribution >= 4 is 21.6 Å². The Bertz CT molecular complexity index is 572. The van der Waals surface area contributed by atoms with E-state index in [1.807, 2.05) is 25.4 Å². The summed E-state index contributed by atoms with van der Waals surface area (Å²) in [6.07, 6.45) is 1.85. The molecule has 0 radical (unpaired) electrons. The Morgan fingerprint density at radius 1 is 1.29 bits per heavy atom. The number of nitrogens with zero attached hydrogens (tertiary/aromatic N) is 2. The fraction of sp³-hybridized carbons (Fsp3) is 0.353. The van der Waals surface area contributed by atoms with Crippen molar-refractivity contribution in [1.82, 2.24) is 10.3 Å². The lowest BCUT2D eigenvalue weighted by molar-refractivity contribution is 0.646. The molecule has 1 N–H and O–H groups in total. The van der Waals surface area contributed by atoms with Crippen molar-refractivity contribution in [3.63, 3.8) is 0 Å². The molecule has 1 heterocycles. The Morgan fingerprint density at radius 2 is 2.10 bits per heavy atom. The van der Waals surface area contributed by atoms with Crippen molar-refractivity contribution in [1.29, 1.82) is 0 Å². The van der Waals surface area contributed by atoms with Crippen molar-refractivity contribution in [3.05, 3.63) is 58.3 Å². The summed E-state index contributed by atoms with van der Waals surface area (Å²) >= 11 is 3.59. The second-order valence-electron chi connectivity index (χ2n) is 5.05.